The fourth-order valence-corrected chi connectivity index (χ4v) is 3.07. The molecular formula is C16H23BrN2O2. The number of hydrogen-bond acceptors (Lipinski definition) is 3. The van der Waals surface area contributed by atoms with E-state index in [1.165, 1.54) is 0 Å². The molecule has 21 heavy (non-hydrogen) atoms. The van der Waals surface area contributed by atoms with E-state index in [0.29, 0.717) is 6.61 Å². The SMILES string of the molecule is COCC1(C(=O)NC(C)c2ccc(Br)cc2)CCNCC1. The molecule has 1 aromatic carbocycles. The van der Waals surface area contributed by atoms with Crippen LogP contribution < -0.4 is 10.6 Å². The molecular weight excluding hydrogens is 332 g/mol. The van der Waals surface area contributed by atoms with E-state index in [9.17, 15) is 4.79 Å². The molecule has 1 aliphatic rings. The first-order chi connectivity index (χ1) is 10.1. The van der Waals surface area contributed by atoms with Crippen LogP contribution in [0.25, 0.3) is 0 Å². The lowest BCUT2D eigenvalue weighted by Crippen LogP contribution is -2.50. The second-order valence-electron chi connectivity index (χ2n) is 5.71. The highest BCUT2D eigenvalue weighted by molar-refractivity contribution is 9.10. The minimum atomic E-state index is -0.399. The number of methoxy groups -OCH3 is 1. The average molecular weight is 355 g/mol. The summed E-state index contributed by atoms with van der Waals surface area (Å²) in [7, 11) is 1.66. The van der Waals surface area contributed by atoms with Crippen LogP contribution in [0.3, 0.4) is 0 Å². The zero-order chi connectivity index (χ0) is 15.3. The van der Waals surface area contributed by atoms with Gasteiger partial charge in [-0.3, -0.25) is 4.79 Å². The Kier molecular flexibility index (Phi) is 5.79. The molecule has 1 heterocycles. The summed E-state index contributed by atoms with van der Waals surface area (Å²) in [4.78, 5) is 12.7. The van der Waals surface area contributed by atoms with Gasteiger partial charge < -0.3 is 15.4 Å². The number of benzene rings is 1. The number of amides is 1. The highest BCUT2D eigenvalue weighted by Gasteiger charge is 2.40. The number of ether oxygens (including phenoxy) is 1. The van der Waals surface area contributed by atoms with Crippen molar-refractivity contribution in [1.29, 1.82) is 0 Å². The molecule has 1 unspecified atom stereocenters. The number of rotatable bonds is 5. The number of carbonyl (C=O) groups excluding carboxylic acids is 1. The van der Waals surface area contributed by atoms with Crippen molar-refractivity contribution in [2.24, 2.45) is 5.41 Å². The van der Waals surface area contributed by atoms with Crippen LogP contribution in [0, 0.1) is 5.41 Å². The van der Waals surface area contributed by atoms with Gasteiger partial charge in [-0.05, 0) is 50.6 Å². The summed E-state index contributed by atoms with van der Waals surface area (Å²) in [5, 5.41) is 6.45. The van der Waals surface area contributed by atoms with Gasteiger partial charge in [0, 0.05) is 11.6 Å². The highest BCUT2D eigenvalue weighted by Crippen LogP contribution is 2.30. The Hall–Kier alpha value is -0.910. The molecule has 0 spiro atoms. The Morgan fingerprint density at radius 2 is 2.00 bits per heavy atom. The first kappa shape index (κ1) is 16.5. The molecule has 1 saturated heterocycles. The summed E-state index contributed by atoms with van der Waals surface area (Å²) >= 11 is 3.43. The Bertz CT molecular complexity index is 464. The summed E-state index contributed by atoms with van der Waals surface area (Å²) in [6.07, 6.45) is 1.64. The van der Waals surface area contributed by atoms with Gasteiger partial charge in [-0.2, -0.15) is 0 Å². The van der Waals surface area contributed by atoms with Gasteiger partial charge in [0.2, 0.25) is 5.91 Å². The summed E-state index contributed by atoms with van der Waals surface area (Å²) in [6, 6.07) is 8.04. The molecule has 4 nitrogen and oxygen atoms in total. The summed E-state index contributed by atoms with van der Waals surface area (Å²) in [5.74, 6) is 0.0984. The molecule has 2 N–H and O–H groups in total. The standard InChI is InChI=1S/C16H23BrN2O2/c1-12(13-3-5-14(17)6-4-13)19-15(20)16(11-21-2)7-9-18-10-8-16/h3-6,12,18H,7-11H2,1-2H3,(H,19,20). The molecule has 0 bridgehead atoms. The van der Waals surface area contributed by atoms with E-state index in [4.69, 9.17) is 4.74 Å². The predicted octanol–water partition coefficient (Wildman–Crippen LogP) is 2.64. The maximum Gasteiger partial charge on any atom is 0.229 e. The van der Waals surface area contributed by atoms with E-state index in [2.05, 4.69) is 26.6 Å². The molecule has 5 heteroatoms. The lowest BCUT2D eigenvalue weighted by molar-refractivity contribution is -0.136. The van der Waals surface area contributed by atoms with Gasteiger partial charge in [-0.1, -0.05) is 28.1 Å². The number of carbonyl (C=O) groups is 1. The van der Waals surface area contributed by atoms with Crippen molar-refractivity contribution < 1.29 is 9.53 Å². The lowest BCUT2D eigenvalue weighted by Gasteiger charge is -2.36. The minimum absolute atomic E-state index is 0.00535. The van der Waals surface area contributed by atoms with Crippen LogP contribution in [-0.4, -0.2) is 32.7 Å². The van der Waals surface area contributed by atoms with Gasteiger partial charge >= 0.3 is 0 Å². The molecule has 1 fully saturated rings. The number of hydrogen-bond donors (Lipinski definition) is 2. The van der Waals surface area contributed by atoms with Crippen molar-refractivity contribution in [2.45, 2.75) is 25.8 Å². The van der Waals surface area contributed by atoms with Gasteiger partial charge in [0.1, 0.15) is 0 Å². The van der Waals surface area contributed by atoms with Crippen molar-refractivity contribution in [1.82, 2.24) is 10.6 Å². The van der Waals surface area contributed by atoms with Gasteiger partial charge in [0.05, 0.1) is 18.1 Å². The number of halogens is 1. The van der Waals surface area contributed by atoms with Crippen molar-refractivity contribution in [3.8, 4) is 0 Å². The Morgan fingerprint density at radius 1 is 1.38 bits per heavy atom. The quantitative estimate of drug-likeness (QED) is 0.854. The maximum atomic E-state index is 12.7. The van der Waals surface area contributed by atoms with Gasteiger partial charge in [-0.25, -0.2) is 0 Å². The fraction of sp³-hybridized carbons (Fsp3) is 0.562. The van der Waals surface area contributed by atoms with Crippen LogP contribution in [-0.2, 0) is 9.53 Å². The van der Waals surface area contributed by atoms with E-state index >= 15 is 0 Å². The molecule has 0 saturated carbocycles. The Morgan fingerprint density at radius 3 is 2.57 bits per heavy atom. The van der Waals surface area contributed by atoms with Crippen molar-refractivity contribution in [3.63, 3.8) is 0 Å². The first-order valence-electron chi connectivity index (χ1n) is 7.33. The highest BCUT2D eigenvalue weighted by atomic mass is 79.9. The van der Waals surface area contributed by atoms with E-state index < -0.39 is 5.41 Å². The van der Waals surface area contributed by atoms with Gasteiger partial charge in [0.15, 0.2) is 0 Å². The van der Waals surface area contributed by atoms with Crippen molar-refractivity contribution in [2.75, 3.05) is 26.8 Å². The first-order valence-corrected chi connectivity index (χ1v) is 8.13. The minimum Gasteiger partial charge on any atom is -0.384 e. The third-order valence-corrected chi connectivity index (χ3v) is 4.71. The maximum absolute atomic E-state index is 12.7. The van der Waals surface area contributed by atoms with Crippen LogP contribution in [0.15, 0.2) is 28.7 Å². The lowest BCUT2D eigenvalue weighted by atomic mass is 9.78. The smallest absolute Gasteiger partial charge is 0.229 e. The average Bonchev–Trinajstić information content (AvgIpc) is 2.49. The molecule has 1 aliphatic heterocycles. The zero-order valence-corrected chi connectivity index (χ0v) is 14.2. The summed E-state index contributed by atoms with van der Waals surface area (Å²) in [6.45, 7) is 4.23. The third-order valence-electron chi connectivity index (χ3n) is 4.18. The van der Waals surface area contributed by atoms with E-state index in [1.807, 2.05) is 31.2 Å². The molecule has 0 radical (unpaired) electrons. The molecule has 1 aromatic rings. The molecule has 2 rings (SSSR count). The van der Waals surface area contributed by atoms with Gasteiger partial charge in [-0.15, -0.1) is 0 Å². The number of nitrogens with one attached hydrogen (secondary N) is 2. The molecule has 0 aromatic heterocycles. The second kappa shape index (κ2) is 7.38. The van der Waals surface area contributed by atoms with Gasteiger partial charge in [0.25, 0.3) is 0 Å². The zero-order valence-electron chi connectivity index (χ0n) is 12.6. The largest absolute Gasteiger partial charge is 0.384 e. The van der Waals surface area contributed by atoms with E-state index in [0.717, 1.165) is 36.0 Å². The fourth-order valence-electron chi connectivity index (χ4n) is 2.80. The molecule has 0 aliphatic carbocycles. The van der Waals surface area contributed by atoms with E-state index in [1.54, 1.807) is 7.11 Å². The monoisotopic (exact) mass is 354 g/mol. The van der Waals surface area contributed by atoms with Crippen molar-refractivity contribution >= 4 is 21.8 Å². The number of piperidine rings is 1. The summed E-state index contributed by atoms with van der Waals surface area (Å²) in [5.41, 5.74) is 0.705. The van der Waals surface area contributed by atoms with Crippen LogP contribution in [0.2, 0.25) is 0 Å². The third kappa shape index (κ3) is 4.05. The summed E-state index contributed by atoms with van der Waals surface area (Å²) < 4.78 is 6.35. The van der Waals surface area contributed by atoms with Crippen LogP contribution in [0.5, 0.6) is 0 Å². The molecule has 1 amide bonds. The second-order valence-corrected chi connectivity index (χ2v) is 6.63. The van der Waals surface area contributed by atoms with Crippen LogP contribution >= 0.6 is 15.9 Å². The molecule has 116 valence electrons. The van der Waals surface area contributed by atoms with Crippen LogP contribution in [0.4, 0.5) is 0 Å². The topological polar surface area (TPSA) is 50.4 Å². The predicted molar refractivity (Wildman–Crippen MR) is 87.1 cm³/mol. The normalized spacial score (nSPS) is 19.0. The Labute approximate surface area is 134 Å². The van der Waals surface area contributed by atoms with Crippen molar-refractivity contribution in [3.05, 3.63) is 34.3 Å². The van der Waals surface area contributed by atoms with Crippen LogP contribution in [0.1, 0.15) is 31.4 Å². The molecule has 1 atom stereocenters. The Balaban J connectivity index is 2.05. The van der Waals surface area contributed by atoms with E-state index in [-0.39, 0.29) is 11.9 Å².